The number of nitrogens with two attached hydrogens (primary N) is 1. The molecule has 1 amide bonds. The summed E-state index contributed by atoms with van der Waals surface area (Å²) >= 11 is 0. The average molecular weight is 210 g/mol. The van der Waals surface area contributed by atoms with E-state index in [1.165, 1.54) is 5.57 Å². The zero-order valence-corrected chi connectivity index (χ0v) is 9.16. The topological polar surface area (TPSA) is 55.6 Å². The number of amides is 1. The van der Waals surface area contributed by atoms with Crippen LogP contribution in [-0.4, -0.2) is 42.6 Å². The second-order valence-electron chi connectivity index (χ2n) is 4.52. The molecule has 2 heterocycles. The van der Waals surface area contributed by atoms with Crippen molar-refractivity contribution in [3.63, 3.8) is 0 Å². The third-order valence-corrected chi connectivity index (χ3v) is 3.10. The van der Waals surface area contributed by atoms with Gasteiger partial charge in [0.25, 0.3) is 0 Å². The number of ether oxygens (including phenoxy) is 1. The minimum atomic E-state index is -0.766. The molecule has 4 heteroatoms. The van der Waals surface area contributed by atoms with Crippen LogP contribution < -0.4 is 5.73 Å². The van der Waals surface area contributed by atoms with Gasteiger partial charge in [0.1, 0.15) is 5.54 Å². The molecule has 0 spiro atoms. The van der Waals surface area contributed by atoms with Crippen LogP contribution in [0.5, 0.6) is 0 Å². The number of hydrogen-bond donors (Lipinski definition) is 1. The van der Waals surface area contributed by atoms with Gasteiger partial charge in [-0.25, -0.2) is 0 Å². The van der Waals surface area contributed by atoms with Crippen LogP contribution in [0, 0.1) is 0 Å². The summed E-state index contributed by atoms with van der Waals surface area (Å²) in [5.74, 6) is 0.0486. The summed E-state index contributed by atoms with van der Waals surface area (Å²) in [5.41, 5.74) is 6.52. The van der Waals surface area contributed by atoms with E-state index < -0.39 is 5.54 Å². The van der Waals surface area contributed by atoms with Crippen LogP contribution in [0.4, 0.5) is 0 Å². The minimum absolute atomic E-state index is 0.0486. The number of rotatable bonds is 1. The largest absolute Gasteiger partial charge is 0.379 e. The molecule has 4 nitrogen and oxygen atoms in total. The molecule has 2 rings (SSSR count). The second kappa shape index (κ2) is 3.94. The Morgan fingerprint density at radius 3 is 3.07 bits per heavy atom. The third kappa shape index (κ3) is 2.06. The number of carbonyl (C=O) groups is 1. The summed E-state index contributed by atoms with van der Waals surface area (Å²) in [6.45, 7) is 4.52. The molecule has 1 unspecified atom stereocenters. The van der Waals surface area contributed by atoms with Gasteiger partial charge >= 0.3 is 0 Å². The summed E-state index contributed by atoms with van der Waals surface area (Å²) in [5, 5.41) is 0. The molecule has 0 aromatic heterocycles. The van der Waals surface area contributed by atoms with Crippen molar-refractivity contribution in [2.75, 3.05) is 26.3 Å². The summed E-state index contributed by atoms with van der Waals surface area (Å²) in [4.78, 5) is 14.0. The zero-order chi connectivity index (χ0) is 10.9. The quantitative estimate of drug-likeness (QED) is 0.633. The Bertz CT molecular complexity index is 293. The van der Waals surface area contributed by atoms with E-state index in [2.05, 4.69) is 6.08 Å². The Morgan fingerprint density at radius 1 is 1.67 bits per heavy atom. The molecule has 2 aliphatic rings. The Morgan fingerprint density at radius 2 is 2.47 bits per heavy atom. The van der Waals surface area contributed by atoms with Crippen LogP contribution >= 0.6 is 0 Å². The molecule has 15 heavy (non-hydrogen) atoms. The molecule has 0 aromatic carbocycles. The summed E-state index contributed by atoms with van der Waals surface area (Å²) in [6, 6.07) is 0. The maximum atomic E-state index is 12.2. The molecule has 1 saturated heterocycles. The molecule has 1 atom stereocenters. The molecule has 1 fully saturated rings. The van der Waals surface area contributed by atoms with Gasteiger partial charge in [0, 0.05) is 19.7 Å². The first-order valence-electron chi connectivity index (χ1n) is 5.43. The van der Waals surface area contributed by atoms with E-state index in [4.69, 9.17) is 10.5 Å². The highest BCUT2D eigenvalue weighted by molar-refractivity contribution is 5.87. The summed E-state index contributed by atoms with van der Waals surface area (Å²) in [7, 11) is 0. The standard InChI is InChI=1S/C11H18N2O2/c1-9-3-2-5-13(7-9)10(14)11(12)4-6-15-8-11/h3H,2,4-8,12H2,1H3. The van der Waals surface area contributed by atoms with Crippen LogP contribution in [-0.2, 0) is 9.53 Å². The van der Waals surface area contributed by atoms with E-state index in [0.717, 1.165) is 19.5 Å². The maximum Gasteiger partial charge on any atom is 0.245 e. The van der Waals surface area contributed by atoms with Crippen LogP contribution in [0.2, 0.25) is 0 Å². The van der Waals surface area contributed by atoms with Crippen molar-refractivity contribution in [1.29, 1.82) is 0 Å². The molecule has 0 radical (unpaired) electrons. The van der Waals surface area contributed by atoms with Gasteiger partial charge in [0.15, 0.2) is 0 Å². The molecular weight excluding hydrogens is 192 g/mol. The van der Waals surface area contributed by atoms with E-state index in [-0.39, 0.29) is 5.91 Å². The van der Waals surface area contributed by atoms with Gasteiger partial charge in [-0.2, -0.15) is 0 Å². The van der Waals surface area contributed by atoms with Gasteiger partial charge in [-0.3, -0.25) is 4.79 Å². The fourth-order valence-electron chi connectivity index (χ4n) is 2.15. The lowest BCUT2D eigenvalue weighted by Crippen LogP contribution is -2.56. The van der Waals surface area contributed by atoms with Crippen molar-refractivity contribution in [1.82, 2.24) is 4.90 Å². The Labute approximate surface area is 90.1 Å². The number of hydrogen-bond acceptors (Lipinski definition) is 3. The lowest BCUT2D eigenvalue weighted by Gasteiger charge is -2.32. The van der Waals surface area contributed by atoms with Crippen molar-refractivity contribution < 1.29 is 9.53 Å². The monoisotopic (exact) mass is 210 g/mol. The van der Waals surface area contributed by atoms with Gasteiger partial charge in [-0.15, -0.1) is 0 Å². The highest BCUT2D eigenvalue weighted by Crippen LogP contribution is 2.20. The maximum absolute atomic E-state index is 12.2. The summed E-state index contributed by atoms with van der Waals surface area (Å²) < 4.78 is 5.21. The lowest BCUT2D eigenvalue weighted by molar-refractivity contribution is -0.136. The Hall–Kier alpha value is -0.870. The highest BCUT2D eigenvalue weighted by Gasteiger charge is 2.41. The molecule has 2 aliphatic heterocycles. The first-order valence-corrected chi connectivity index (χ1v) is 5.43. The van der Waals surface area contributed by atoms with Crippen LogP contribution in [0.1, 0.15) is 19.8 Å². The predicted molar refractivity (Wildman–Crippen MR) is 57.3 cm³/mol. The fraction of sp³-hybridized carbons (Fsp3) is 0.727. The van der Waals surface area contributed by atoms with Crippen LogP contribution in [0.3, 0.4) is 0 Å². The molecular formula is C11H18N2O2. The smallest absolute Gasteiger partial charge is 0.245 e. The van der Waals surface area contributed by atoms with Gasteiger partial charge in [0.05, 0.1) is 6.61 Å². The van der Waals surface area contributed by atoms with Crippen molar-refractivity contribution in [3.05, 3.63) is 11.6 Å². The number of nitrogens with zero attached hydrogens (tertiary/aromatic N) is 1. The van der Waals surface area contributed by atoms with Gasteiger partial charge in [-0.05, 0) is 19.8 Å². The van der Waals surface area contributed by atoms with Crippen molar-refractivity contribution in [2.24, 2.45) is 5.73 Å². The molecule has 84 valence electrons. The van der Waals surface area contributed by atoms with Crippen LogP contribution in [0.25, 0.3) is 0 Å². The Balaban J connectivity index is 2.04. The molecule has 2 N–H and O–H groups in total. The van der Waals surface area contributed by atoms with Gasteiger partial charge < -0.3 is 15.4 Å². The van der Waals surface area contributed by atoms with Gasteiger partial charge in [0.2, 0.25) is 5.91 Å². The van der Waals surface area contributed by atoms with E-state index in [9.17, 15) is 4.79 Å². The fourth-order valence-corrected chi connectivity index (χ4v) is 2.15. The third-order valence-electron chi connectivity index (χ3n) is 3.10. The second-order valence-corrected chi connectivity index (χ2v) is 4.52. The zero-order valence-electron chi connectivity index (χ0n) is 9.16. The first-order chi connectivity index (χ1) is 7.12. The minimum Gasteiger partial charge on any atom is -0.379 e. The molecule has 0 saturated carbocycles. The normalized spacial score (nSPS) is 31.6. The van der Waals surface area contributed by atoms with Crippen molar-refractivity contribution in [3.8, 4) is 0 Å². The summed E-state index contributed by atoms with van der Waals surface area (Å²) in [6.07, 6.45) is 3.76. The Kier molecular flexibility index (Phi) is 2.80. The molecule has 0 aromatic rings. The van der Waals surface area contributed by atoms with Crippen molar-refractivity contribution in [2.45, 2.75) is 25.3 Å². The average Bonchev–Trinajstić information content (AvgIpc) is 2.65. The van der Waals surface area contributed by atoms with E-state index in [1.807, 2.05) is 11.8 Å². The predicted octanol–water partition coefficient (Wildman–Crippen LogP) is 0.283. The van der Waals surface area contributed by atoms with E-state index >= 15 is 0 Å². The SMILES string of the molecule is CC1=CCCN(C(=O)C2(N)CCOC2)C1. The molecule has 0 aliphatic carbocycles. The molecule has 0 bridgehead atoms. The van der Waals surface area contributed by atoms with Crippen molar-refractivity contribution >= 4 is 5.91 Å². The van der Waals surface area contributed by atoms with Gasteiger partial charge in [-0.1, -0.05) is 11.6 Å². The van der Waals surface area contributed by atoms with E-state index in [0.29, 0.717) is 19.6 Å². The number of carbonyl (C=O) groups excluding carboxylic acids is 1. The first kappa shape index (κ1) is 10.6. The lowest BCUT2D eigenvalue weighted by atomic mass is 9.97. The van der Waals surface area contributed by atoms with E-state index in [1.54, 1.807) is 0 Å². The highest BCUT2D eigenvalue weighted by atomic mass is 16.5. The van der Waals surface area contributed by atoms with Crippen LogP contribution in [0.15, 0.2) is 11.6 Å².